The molecule has 18 heavy (non-hydrogen) atoms. The number of halogens is 1. The van der Waals surface area contributed by atoms with Gasteiger partial charge in [-0.05, 0) is 35.7 Å². The second-order valence-electron chi connectivity index (χ2n) is 4.64. The number of hydrogen-bond donors (Lipinski definition) is 1. The Bertz CT molecular complexity index is 580. The first-order chi connectivity index (χ1) is 8.74. The molecule has 0 saturated heterocycles. The summed E-state index contributed by atoms with van der Waals surface area (Å²) in [6, 6.07) is 14.7. The van der Waals surface area contributed by atoms with E-state index in [9.17, 15) is 0 Å². The van der Waals surface area contributed by atoms with Crippen molar-refractivity contribution in [2.75, 3.05) is 17.2 Å². The molecule has 1 aliphatic heterocycles. The maximum Gasteiger partial charge on any atom is 0.0450 e. The molecule has 0 unspecified atom stereocenters. The van der Waals surface area contributed by atoms with Crippen LogP contribution in [0.15, 0.2) is 46.9 Å². The summed E-state index contributed by atoms with van der Waals surface area (Å²) in [5, 5.41) is 0. The molecule has 2 N–H and O–H groups in total. The van der Waals surface area contributed by atoms with Crippen molar-refractivity contribution < 1.29 is 0 Å². The van der Waals surface area contributed by atoms with Crippen LogP contribution in [0.1, 0.15) is 11.1 Å². The summed E-state index contributed by atoms with van der Waals surface area (Å²) in [6.07, 6.45) is 1.13. The highest BCUT2D eigenvalue weighted by atomic mass is 79.9. The third-order valence-electron chi connectivity index (χ3n) is 3.45. The van der Waals surface area contributed by atoms with Crippen molar-refractivity contribution >= 4 is 27.3 Å². The molecular formula is C15H15BrN2. The quantitative estimate of drug-likeness (QED) is 0.859. The van der Waals surface area contributed by atoms with Gasteiger partial charge in [-0.15, -0.1) is 0 Å². The van der Waals surface area contributed by atoms with Gasteiger partial charge in [-0.3, -0.25) is 0 Å². The molecule has 1 heterocycles. The van der Waals surface area contributed by atoms with Crippen molar-refractivity contribution in [3.8, 4) is 0 Å². The summed E-state index contributed by atoms with van der Waals surface area (Å²) >= 11 is 3.44. The predicted octanol–water partition coefficient (Wildman–Crippen LogP) is 3.59. The first kappa shape index (κ1) is 11.6. The minimum absolute atomic E-state index is 0.855. The van der Waals surface area contributed by atoms with Gasteiger partial charge in [-0.2, -0.15) is 0 Å². The first-order valence-electron chi connectivity index (χ1n) is 6.11. The van der Waals surface area contributed by atoms with Crippen LogP contribution < -0.4 is 10.6 Å². The monoisotopic (exact) mass is 302 g/mol. The molecule has 2 aromatic carbocycles. The molecule has 2 nitrogen and oxygen atoms in total. The third-order valence-corrected chi connectivity index (χ3v) is 3.95. The van der Waals surface area contributed by atoms with Crippen molar-refractivity contribution in [2.24, 2.45) is 0 Å². The normalized spacial score (nSPS) is 13.7. The van der Waals surface area contributed by atoms with Crippen LogP contribution in [0.2, 0.25) is 0 Å². The van der Waals surface area contributed by atoms with E-state index in [1.807, 2.05) is 12.1 Å². The Kier molecular flexibility index (Phi) is 3.00. The Morgan fingerprint density at radius 1 is 1.17 bits per heavy atom. The van der Waals surface area contributed by atoms with Gasteiger partial charge in [0.2, 0.25) is 0 Å². The lowest BCUT2D eigenvalue weighted by molar-refractivity contribution is 0.837. The molecule has 1 aliphatic rings. The lowest BCUT2D eigenvalue weighted by atomic mass is 10.1. The van der Waals surface area contributed by atoms with Crippen LogP contribution in [-0.2, 0) is 13.0 Å². The standard InChI is InChI=1S/C15H15BrN2/c16-13-6-5-12(14(17)9-13)10-18-8-7-11-3-1-2-4-15(11)18/h1-6,9H,7-8,10,17H2. The number of nitrogen functional groups attached to an aromatic ring is 1. The van der Waals surface area contributed by atoms with Crippen molar-refractivity contribution in [1.82, 2.24) is 0 Å². The number of benzene rings is 2. The van der Waals surface area contributed by atoms with Crippen LogP contribution >= 0.6 is 15.9 Å². The maximum absolute atomic E-state index is 6.06. The molecule has 0 spiro atoms. The van der Waals surface area contributed by atoms with Gasteiger partial charge in [0, 0.05) is 28.9 Å². The molecule has 0 saturated carbocycles. The zero-order valence-corrected chi connectivity index (χ0v) is 11.7. The lowest BCUT2D eigenvalue weighted by Crippen LogP contribution is -2.20. The molecule has 0 aromatic heterocycles. The van der Waals surface area contributed by atoms with Gasteiger partial charge in [0.25, 0.3) is 0 Å². The van der Waals surface area contributed by atoms with E-state index in [1.165, 1.54) is 16.8 Å². The molecule has 0 bridgehead atoms. The van der Waals surface area contributed by atoms with E-state index in [0.717, 1.165) is 29.7 Å². The van der Waals surface area contributed by atoms with Gasteiger partial charge in [0.15, 0.2) is 0 Å². The molecule has 3 rings (SSSR count). The number of nitrogens with two attached hydrogens (primary N) is 1. The zero-order chi connectivity index (χ0) is 12.5. The average molecular weight is 303 g/mol. The number of anilines is 2. The van der Waals surface area contributed by atoms with Crippen LogP contribution in [-0.4, -0.2) is 6.54 Å². The average Bonchev–Trinajstić information content (AvgIpc) is 2.76. The van der Waals surface area contributed by atoms with Crippen LogP contribution in [0.4, 0.5) is 11.4 Å². The summed E-state index contributed by atoms with van der Waals surface area (Å²) in [6.45, 7) is 1.96. The molecule has 0 aliphatic carbocycles. The van der Waals surface area contributed by atoms with Gasteiger partial charge < -0.3 is 10.6 Å². The Morgan fingerprint density at radius 2 is 2.00 bits per heavy atom. The minimum atomic E-state index is 0.855. The number of rotatable bonds is 2. The van der Waals surface area contributed by atoms with E-state index in [2.05, 4.69) is 51.2 Å². The topological polar surface area (TPSA) is 29.3 Å². The highest BCUT2D eigenvalue weighted by molar-refractivity contribution is 9.10. The molecule has 0 fully saturated rings. The number of nitrogens with zero attached hydrogens (tertiary/aromatic N) is 1. The fourth-order valence-electron chi connectivity index (χ4n) is 2.49. The van der Waals surface area contributed by atoms with Gasteiger partial charge in [0.05, 0.1) is 0 Å². The third kappa shape index (κ3) is 2.10. The Balaban J connectivity index is 1.86. The highest BCUT2D eigenvalue weighted by Gasteiger charge is 2.18. The fraction of sp³-hybridized carbons (Fsp3) is 0.200. The van der Waals surface area contributed by atoms with Crippen molar-refractivity contribution in [1.29, 1.82) is 0 Å². The smallest absolute Gasteiger partial charge is 0.0450 e. The summed E-state index contributed by atoms with van der Waals surface area (Å²) in [7, 11) is 0. The molecule has 92 valence electrons. The number of hydrogen-bond acceptors (Lipinski definition) is 2. The number of fused-ring (bicyclic) bond motifs is 1. The van der Waals surface area contributed by atoms with Crippen molar-refractivity contribution in [2.45, 2.75) is 13.0 Å². The largest absolute Gasteiger partial charge is 0.398 e. The van der Waals surface area contributed by atoms with Crippen LogP contribution in [0.3, 0.4) is 0 Å². The van der Waals surface area contributed by atoms with Gasteiger partial charge in [-0.1, -0.05) is 40.2 Å². The van der Waals surface area contributed by atoms with Gasteiger partial charge >= 0.3 is 0 Å². The summed E-state index contributed by atoms with van der Waals surface area (Å²) in [5.74, 6) is 0. The molecule has 0 amide bonds. The van der Waals surface area contributed by atoms with Crippen LogP contribution in [0, 0.1) is 0 Å². The van der Waals surface area contributed by atoms with Crippen molar-refractivity contribution in [3.05, 3.63) is 58.1 Å². The Hall–Kier alpha value is -1.48. The second kappa shape index (κ2) is 4.65. The Morgan fingerprint density at radius 3 is 2.83 bits per heavy atom. The van der Waals surface area contributed by atoms with Crippen LogP contribution in [0.5, 0.6) is 0 Å². The lowest BCUT2D eigenvalue weighted by Gasteiger charge is -2.20. The minimum Gasteiger partial charge on any atom is -0.398 e. The van der Waals surface area contributed by atoms with E-state index in [0.29, 0.717) is 0 Å². The van der Waals surface area contributed by atoms with E-state index >= 15 is 0 Å². The van der Waals surface area contributed by atoms with E-state index in [-0.39, 0.29) is 0 Å². The molecule has 2 aromatic rings. The van der Waals surface area contributed by atoms with Gasteiger partial charge in [-0.25, -0.2) is 0 Å². The second-order valence-corrected chi connectivity index (χ2v) is 5.56. The molecule has 0 radical (unpaired) electrons. The predicted molar refractivity (Wildman–Crippen MR) is 79.8 cm³/mol. The van der Waals surface area contributed by atoms with Gasteiger partial charge in [0.1, 0.15) is 0 Å². The highest BCUT2D eigenvalue weighted by Crippen LogP contribution is 2.30. The summed E-state index contributed by atoms with van der Waals surface area (Å²) in [5.41, 5.74) is 10.9. The zero-order valence-electron chi connectivity index (χ0n) is 10.1. The molecule has 0 atom stereocenters. The van der Waals surface area contributed by atoms with E-state index in [4.69, 9.17) is 5.73 Å². The Labute approximate surface area is 116 Å². The first-order valence-corrected chi connectivity index (χ1v) is 6.90. The van der Waals surface area contributed by atoms with E-state index < -0.39 is 0 Å². The maximum atomic E-state index is 6.06. The molecule has 3 heteroatoms. The fourth-order valence-corrected chi connectivity index (χ4v) is 2.87. The van der Waals surface area contributed by atoms with Crippen LogP contribution in [0.25, 0.3) is 0 Å². The number of para-hydroxylation sites is 1. The summed E-state index contributed by atoms with van der Waals surface area (Å²) in [4.78, 5) is 2.40. The summed E-state index contributed by atoms with van der Waals surface area (Å²) < 4.78 is 1.03. The van der Waals surface area contributed by atoms with E-state index in [1.54, 1.807) is 0 Å². The molecular weight excluding hydrogens is 288 g/mol. The van der Waals surface area contributed by atoms with Crippen molar-refractivity contribution in [3.63, 3.8) is 0 Å². The SMILES string of the molecule is Nc1cc(Br)ccc1CN1CCc2ccccc21.